The molecule has 28 heavy (non-hydrogen) atoms. The molecule has 0 bridgehead atoms. The highest BCUT2D eigenvalue weighted by Gasteiger charge is 2.35. The summed E-state index contributed by atoms with van der Waals surface area (Å²) in [6.45, 7) is 3.96. The number of benzene rings is 2. The summed E-state index contributed by atoms with van der Waals surface area (Å²) in [7, 11) is 0. The van der Waals surface area contributed by atoms with Crippen molar-refractivity contribution in [1.29, 1.82) is 0 Å². The molecule has 144 valence electrons. The van der Waals surface area contributed by atoms with E-state index in [4.69, 9.17) is 11.6 Å². The van der Waals surface area contributed by atoms with Crippen molar-refractivity contribution in [2.45, 2.75) is 11.7 Å². The molecule has 0 spiro atoms. The number of rotatable bonds is 5. The molecule has 1 aliphatic rings. The van der Waals surface area contributed by atoms with E-state index in [0.717, 1.165) is 0 Å². The van der Waals surface area contributed by atoms with E-state index in [1.807, 2.05) is 0 Å². The third kappa shape index (κ3) is 4.99. The molecule has 5 nitrogen and oxygen atoms in total. The van der Waals surface area contributed by atoms with Crippen molar-refractivity contribution in [3.8, 4) is 0 Å². The van der Waals surface area contributed by atoms with Crippen molar-refractivity contribution >= 4 is 51.7 Å². The molecule has 1 aliphatic heterocycles. The lowest BCUT2D eigenvalue weighted by molar-refractivity contribution is -0.129. The topological polar surface area (TPSA) is 61.8 Å². The Labute approximate surface area is 171 Å². The maximum Gasteiger partial charge on any atom is 0.238 e. The maximum atomic E-state index is 13.0. The van der Waals surface area contributed by atoms with E-state index >= 15 is 0 Å². The number of halogens is 2. The smallest absolute Gasteiger partial charge is 0.238 e. The first-order valence-corrected chi connectivity index (χ1v) is 9.70. The Balaban J connectivity index is 1.82. The third-order valence-electron chi connectivity index (χ3n) is 3.89. The summed E-state index contributed by atoms with van der Waals surface area (Å²) < 4.78 is 13.0. The quantitative estimate of drug-likeness (QED) is 0.722. The molecule has 2 amide bonds. The summed E-state index contributed by atoms with van der Waals surface area (Å²) in [5, 5.41) is 2.97. The maximum absolute atomic E-state index is 13.0. The Kier molecular flexibility index (Phi) is 6.49. The summed E-state index contributed by atoms with van der Waals surface area (Å²) in [6.07, 6.45) is 1.63. The van der Waals surface area contributed by atoms with Crippen LogP contribution >= 0.6 is 23.4 Å². The van der Waals surface area contributed by atoms with Crippen LogP contribution in [0.1, 0.15) is 6.42 Å². The predicted molar refractivity (Wildman–Crippen MR) is 111 cm³/mol. The van der Waals surface area contributed by atoms with Gasteiger partial charge >= 0.3 is 0 Å². The van der Waals surface area contributed by atoms with Crippen LogP contribution in [0.3, 0.4) is 0 Å². The minimum absolute atomic E-state index is 0.0279. The van der Waals surface area contributed by atoms with Gasteiger partial charge in [0.2, 0.25) is 11.8 Å². The Morgan fingerprint density at radius 1 is 1.36 bits per heavy atom. The molecular weight excluding hydrogens is 401 g/mol. The first kappa shape index (κ1) is 20.1. The number of thioether (sulfide) groups is 1. The highest BCUT2D eigenvalue weighted by Crippen LogP contribution is 2.30. The van der Waals surface area contributed by atoms with E-state index in [0.29, 0.717) is 21.6 Å². The Morgan fingerprint density at radius 2 is 2.11 bits per heavy atom. The molecule has 1 N–H and O–H groups in total. The van der Waals surface area contributed by atoms with Crippen molar-refractivity contribution in [2.24, 2.45) is 4.99 Å². The van der Waals surface area contributed by atoms with Gasteiger partial charge in [-0.25, -0.2) is 9.38 Å². The van der Waals surface area contributed by atoms with Gasteiger partial charge in [-0.2, -0.15) is 0 Å². The van der Waals surface area contributed by atoms with Gasteiger partial charge < -0.3 is 5.32 Å². The standard InChI is InChI=1S/C20H17ClFN3O2S/c1-2-10-25-18(26)12-17(19(27)23-15-8-6-14(22)7-9-15)28-20(25)24-16-5-3-4-13(21)11-16/h2-9,11,17H,1,10,12H2,(H,23,27). The summed E-state index contributed by atoms with van der Waals surface area (Å²) in [6, 6.07) is 12.4. The van der Waals surface area contributed by atoms with E-state index < -0.39 is 11.1 Å². The van der Waals surface area contributed by atoms with Crippen LogP contribution in [-0.4, -0.2) is 33.7 Å². The van der Waals surface area contributed by atoms with Crippen LogP contribution in [0.15, 0.2) is 66.2 Å². The van der Waals surface area contributed by atoms with Crippen LogP contribution in [0.4, 0.5) is 15.8 Å². The minimum atomic E-state index is -0.656. The van der Waals surface area contributed by atoms with E-state index in [1.165, 1.54) is 40.9 Å². The molecule has 0 aliphatic carbocycles. The lowest BCUT2D eigenvalue weighted by Crippen LogP contribution is -2.45. The van der Waals surface area contributed by atoms with Crippen LogP contribution in [0.2, 0.25) is 5.02 Å². The van der Waals surface area contributed by atoms with Crippen molar-refractivity contribution in [2.75, 3.05) is 11.9 Å². The van der Waals surface area contributed by atoms with E-state index in [2.05, 4.69) is 16.9 Å². The van der Waals surface area contributed by atoms with Gasteiger partial charge in [-0.3, -0.25) is 14.5 Å². The zero-order valence-electron chi connectivity index (χ0n) is 14.8. The number of nitrogens with one attached hydrogen (secondary N) is 1. The Bertz CT molecular complexity index is 933. The molecule has 1 saturated heterocycles. The third-order valence-corrected chi connectivity index (χ3v) is 5.31. The first-order chi connectivity index (χ1) is 13.5. The van der Waals surface area contributed by atoms with Crippen LogP contribution in [0.25, 0.3) is 0 Å². The fourth-order valence-corrected chi connectivity index (χ4v) is 3.85. The minimum Gasteiger partial charge on any atom is -0.325 e. The van der Waals surface area contributed by atoms with Gasteiger partial charge in [0.1, 0.15) is 11.1 Å². The fraction of sp³-hybridized carbons (Fsp3) is 0.150. The molecule has 1 heterocycles. The largest absolute Gasteiger partial charge is 0.325 e. The summed E-state index contributed by atoms with van der Waals surface area (Å²) in [5.74, 6) is -0.961. The number of anilines is 1. The Hall–Kier alpha value is -2.64. The zero-order chi connectivity index (χ0) is 20.1. The number of carbonyl (C=O) groups is 2. The van der Waals surface area contributed by atoms with Gasteiger partial charge in [-0.05, 0) is 42.5 Å². The van der Waals surface area contributed by atoms with Gasteiger partial charge in [-0.1, -0.05) is 35.5 Å². The molecule has 2 aromatic rings. The summed E-state index contributed by atoms with van der Waals surface area (Å²) in [5.41, 5.74) is 1.04. The molecule has 1 unspecified atom stereocenters. The van der Waals surface area contributed by atoms with Crippen molar-refractivity contribution < 1.29 is 14.0 Å². The molecular formula is C20H17ClFN3O2S. The Morgan fingerprint density at radius 3 is 2.79 bits per heavy atom. The normalized spacial score (nSPS) is 18.2. The van der Waals surface area contributed by atoms with Crippen LogP contribution in [-0.2, 0) is 9.59 Å². The van der Waals surface area contributed by atoms with Gasteiger partial charge in [-0.15, -0.1) is 6.58 Å². The average molecular weight is 418 g/mol. The highest BCUT2D eigenvalue weighted by molar-refractivity contribution is 8.15. The number of amides is 2. The number of hydrogen-bond donors (Lipinski definition) is 1. The number of carbonyl (C=O) groups excluding carboxylic acids is 2. The predicted octanol–water partition coefficient (Wildman–Crippen LogP) is 4.63. The number of nitrogens with zero attached hydrogens (tertiary/aromatic N) is 2. The zero-order valence-corrected chi connectivity index (χ0v) is 16.3. The lowest BCUT2D eigenvalue weighted by Gasteiger charge is -2.31. The molecule has 0 saturated carbocycles. The van der Waals surface area contributed by atoms with Crippen molar-refractivity contribution in [3.63, 3.8) is 0 Å². The van der Waals surface area contributed by atoms with Gasteiger partial charge in [0, 0.05) is 23.7 Å². The second-order valence-electron chi connectivity index (χ2n) is 5.97. The summed E-state index contributed by atoms with van der Waals surface area (Å²) >= 11 is 7.20. The van der Waals surface area contributed by atoms with E-state index in [9.17, 15) is 14.0 Å². The molecule has 1 fully saturated rings. The average Bonchev–Trinajstić information content (AvgIpc) is 2.66. The van der Waals surface area contributed by atoms with Crippen molar-refractivity contribution in [1.82, 2.24) is 4.90 Å². The molecule has 8 heteroatoms. The van der Waals surface area contributed by atoms with Crippen molar-refractivity contribution in [3.05, 3.63) is 72.0 Å². The van der Waals surface area contributed by atoms with Gasteiger partial charge in [0.05, 0.1) is 5.69 Å². The van der Waals surface area contributed by atoms with Gasteiger partial charge in [0.25, 0.3) is 0 Å². The fourth-order valence-electron chi connectivity index (χ4n) is 2.56. The van der Waals surface area contributed by atoms with Gasteiger partial charge in [0.15, 0.2) is 5.17 Å². The monoisotopic (exact) mass is 417 g/mol. The molecule has 3 rings (SSSR count). The van der Waals surface area contributed by atoms with Crippen LogP contribution < -0.4 is 5.32 Å². The number of aliphatic imine (C=N–C) groups is 1. The van der Waals surface area contributed by atoms with E-state index in [1.54, 1.807) is 30.3 Å². The highest BCUT2D eigenvalue weighted by atomic mass is 35.5. The van der Waals surface area contributed by atoms with Crippen LogP contribution in [0, 0.1) is 5.82 Å². The molecule has 1 atom stereocenters. The molecule has 2 aromatic carbocycles. The lowest BCUT2D eigenvalue weighted by atomic mass is 10.2. The SMILES string of the molecule is C=CCN1C(=O)CC(C(=O)Nc2ccc(F)cc2)SC1=Nc1cccc(Cl)c1. The number of amidine groups is 1. The second-order valence-corrected chi connectivity index (χ2v) is 7.58. The second kappa shape index (κ2) is 9.03. The molecule has 0 aromatic heterocycles. The summed E-state index contributed by atoms with van der Waals surface area (Å²) in [4.78, 5) is 31.2. The first-order valence-electron chi connectivity index (χ1n) is 8.45. The van der Waals surface area contributed by atoms with Crippen LogP contribution in [0.5, 0.6) is 0 Å². The van der Waals surface area contributed by atoms with E-state index in [-0.39, 0.29) is 24.8 Å². The molecule has 0 radical (unpaired) electrons. The number of hydrogen-bond acceptors (Lipinski definition) is 4.